The van der Waals surface area contributed by atoms with E-state index in [1.165, 1.54) is 24.3 Å². The van der Waals surface area contributed by atoms with Gasteiger partial charge in [0.05, 0.1) is 43.9 Å². The number of rotatable bonds is 5. The molecule has 35 heavy (non-hydrogen) atoms. The summed E-state index contributed by atoms with van der Waals surface area (Å²) < 4.78 is 5.10. The maximum atomic E-state index is 13.2. The van der Waals surface area contributed by atoms with Crippen LogP contribution in [0.2, 0.25) is 10.0 Å². The number of imide groups is 1. The second-order valence-electron chi connectivity index (χ2n) is 8.82. The lowest BCUT2D eigenvalue weighted by molar-refractivity contribution is -0.123. The Morgan fingerprint density at radius 3 is 2.23 bits per heavy atom. The van der Waals surface area contributed by atoms with Crippen molar-refractivity contribution in [1.82, 2.24) is 0 Å². The number of anilines is 2. The van der Waals surface area contributed by atoms with Crippen LogP contribution in [0.4, 0.5) is 11.4 Å². The first-order valence-electron chi connectivity index (χ1n) is 10.9. The summed E-state index contributed by atoms with van der Waals surface area (Å²) in [6.45, 7) is -0.549. The van der Waals surface area contributed by atoms with Gasteiger partial charge in [-0.1, -0.05) is 29.3 Å². The SMILES string of the molecule is O=C(COC(=O)c1cccc(N2C(=O)[C@@H]3[C@H]4C[C@@H]([C@H](Cl)[C@H]4Cl)[C@H]3C2=O)c1)Nc1ccc(Cl)c(Cl)c1. The number of nitrogens with one attached hydrogen (secondary N) is 1. The van der Waals surface area contributed by atoms with Gasteiger partial charge in [0.2, 0.25) is 11.8 Å². The van der Waals surface area contributed by atoms with E-state index in [4.69, 9.17) is 51.1 Å². The van der Waals surface area contributed by atoms with E-state index in [2.05, 4.69) is 5.32 Å². The minimum atomic E-state index is -0.780. The number of carbonyl (C=O) groups excluding carboxylic acids is 4. The van der Waals surface area contributed by atoms with Gasteiger partial charge in [0.15, 0.2) is 6.61 Å². The zero-order chi connectivity index (χ0) is 25.0. The molecule has 3 amide bonds. The fourth-order valence-electron chi connectivity index (χ4n) is 5.36. The molecule has 2 bridgehead atoms. The van der Waals surface area contributed by atoms with Crippen molar-refractivity contribution in [3.63, 3.8) is 0 Å². The van der Waals surface area contributed by atoms with Gasteiger partial charge in [0, 0.05) is 5.69 Å². The molecule has 0 radical (unpaired) electrons. The van der Waals surface area contributed by atoms with Gasteiger partial charge in [-0.2, -0.15) is 0 Å². The molecule has 5 rings (SSSR count). The van der Waals surface area contributed by atoms with Crippen molar-refractivity contribution in [2.24, 2.45) is 23.7 Å². The van der Waals surface area contributed by atoms with Crippen molar-refractivity contribution in [3.8, 4) is 0 Å². The van der Waals surface area contributed by atoms with Crippen LogP contribution in [0.5, 0.6) is 0 Å². The van der Waals surface area contributed by atoms with Crippen molar-refractivity contribution in [2.45, 2.75) is 17.2 Å². The standard InChI is InChI=1S/C24H18Cl4N2O5/c25-15-5-4-11(7-16(15)26)29-17(31)9-35-24(34)10-2-1-3-12(6-10)30-22(32)18-13-8-14(19(18)23(30)33)21(28)20(13)27/h1-7,13-14,18-21H,8-9H2,(H,29,31)/t13-,14-,18-,19-,20+,21+/m1/s1. The van der Waals surface area contributed by atoms with Crippen molar-refractivity contribution in [1.29, 1.82) is 0 Å². The van der Waals surface area contributed by atoms with Gasteiger partial charge in [0.25, 0.3) is 5.91 Å². The zero-order valence-electron chi connectivity index (χ0n) is 17.9. The molecule has 1 aliphatic heterocycles. The molecular formula is C24H18Cl4N2O5. The summed E-state index contributed by atoms with van der Waals surface area (Å²) in [5.41, 5.74) is 0.753. The highest BCUT2D eigenvalue weighted by Crippen LogP contribution is 2.59. The summed E-state index contributed by atoms with van der Waals surface area (Å²) in [4.78, 5) is 52.2. The van der Waals surface area contributed by atoms with Crippen molar-refractivity contribution < 1.29 is 23.9 Å². The van der Waals surface area contributed by atoms with Gasteiger partial charge in [-0.15, -0.1) is 23.2 Å². The number of carbonyl (C=O) groups is 4. The fraction of sp³-hybridized carbons (Fsp3) is 0.333. The second-order valence-corrected chi connectivity index (χ2v) is 10.6. The monoisotopic (exact) mass is 554 g/mol. The molecule has 11 heteroatoms. The van der Waals surface area contributed by atoms with Crippen molar-refractivity contribution in [3.05, 3.63) is 58.1 Å². The molecule has 182 valence electrons. The van der Waals surface area contributed by atoms with Crippen molar-refractivity contribution >= 4 is 81.5 Å². The minimum Gasteiger partial charge on any atom is -0.452 e. The summed E-state index contributed by atoms with van der Waals surface area (Å²) in [6, 6.07) is 10.5. The number of alkyl halides is 2. The number of fused-ring (bicyclic) bond motifs is 5. The topological polar surface area (TPSA) is 92.8 Å². The average Bonchev–Trinajstić information content (AvgIpc) is 3.44. The first kappa shape index (κ1) is 24.4. The summed E-state index contributed by atoms with van der Waals surface area (Å²) in [5.74, 6) is -3.28. The summed E-state index contributed by atoms with van der Waals surface area (Å²) >= 11 is 24.6. The number of nitrogens with zero attached hydrogens (tertiary/aromatic N) is 1. The molecule has 0 aromatic heterocycles. The highest BCUT2D eigenvalue weighted by molar-refractivity contribution is 6.42. The van der Waals surface area contributed by atoms with Crippen LogP contribution in [0.15, 0.2) is 42.5 Å². The number of hydrogen-bond donors (Lipinski definition) is 1. The summed E-state index contributed by atoms with van der Waals surface area (Å²) in [6.07, 6.45) is 0.666. The lowest BCUT2D eigenvalue weighted by atomic mass is 9.80. The predicted octanol–water partition coefficient (Wildman–Crippen LogP) is 4.76. The Hall–Kier alpha value is -2.32. The van der Waals surface area contributed by atoms with E-state index < -0.39 is 30.3 Å². The van der Waals surface area contributed by atoms with Gasteiger partial charge < -0.3 is 10.1 Å². The number of amides is 3. The lowest BCUT2D eigenvalue weighted by Gasteiger charge is -2.28. The van der Waals surface area contributed by atoms with Gasteiger partial charge in [-0.25, -0.2) is 4.79 Å². The average molecular weight is 556 g/mol. The Balaban J connectivity index is 1.26. The number of halogens is 4. The first-order chi connectivity index (χ1) is 16.7. The van der Waals surface area contributed by atoms with Crippen LogP contribution < -0.4 is 10.2 Å². The van der Waals surface area contributed by atoms with E-state index in [1.807, 2.05) is 0 Å². The van der Waals surface area contributed by atoms with E-state index in [0.29, 0.717) is 17.1 Å². The van der Waals surface area contributed by atoms with E-state index in [1.54, 1.807) is 18.2 Å². The molecule has 1 heterocycles. The number of benzene rings is 2. The smallest absolute Gasteiger partial charge is 0.338 e. The Bertz CT molecular complexity index is 1220. The Morgan fingerprint density at radius 1 is 0.943 bits per heavy atom. The molecule has 1 saturated heterocycles. The van der Waals surface area contributed by atoms with Crippen LogP contribution in [0.1, 0.15) is 16.8 Å². The molecule has 0 unspecified atom stereocenters. The highest BCUT2D eigenvalue weighted by Gasteiger charge is 2.66. The van der Waals surface area contributed by atoms with Gasteiger partial charge in [0.1, 0.15) is 0 Å². The normalized spacial score (nSPS) is 28.9. The molecule has 2 aromatic carbocycles. The van der Waals surface area contributed by atoms with E-state index in [-0.39, 0.29) is 50.7 Å². The Morgan fingerprint density at radius 2 is 1.60 bits per heavy atom. The van der Waals surface area contributed by atoms with Crippen LogP contribution in [-0.4, -0.2) is 41.1 Å². The largest absolute Gasteiger partial charge is 0.452 e. The molecule has 2 saturated carbocycles. The maximum Gasteiger partial charge on any atom is 0.338 e. The molecule has 2 aromatic rings. The maximum absolute atomic E-state index is 13.2. The number of hydrogen-bond acceptors (Lipinski definition) is 5. The molecule has 3 aliphatic rings. The van der Waals surface area contributed by atoms with Crippen LogP contribution in [0, 0.1) is 23.7 Å². The van der Waals surface area contributed by atoms with E-state index in [9.17, 15) is 19.2 Å². The number of esters is 1. The first-order valence-corrected chi connectivity index (χ1v) is 12.5. The minimum absolute atomic E-state index is 0.0934. The third-order valence-corrected chi connectivity index (χ3v) is 8.92. The highest BCUT2D eigenvalue weighted by atomic mass is 35.5. The zero-order valence-corrected chi connectivity index (χ0v) is 20.9. The third kappa shape index (κ3) is 4.18. The van der Waals surface area contributed by atoms with Crippen LogP contribution in [0.3, 0.4) is 0 Å². The van der Waals surface area contributed by atoms with E-state index >= 15 is 0 Å². The van der Waals surface area contributed by atoms with Gasteiger partial charge in [-0.05, 0) is 54.7 Å². The number of ether oxygens (including phenoxy) is 1. The Kier molecular flexibility index (Phi) is 6.46. The van der Waals surface area contributed by atoms with Crippen LogP contribution >= 0.6 is 46.4 Å². The third-order valence-electron chi connectivity index (χ3n) is 6.86. The quantitative estimate of drug-likeness (QED) is 0.326. The molecule has 1 N–H and O–H groups in total. The van der Waals surface area contributed by atoms with Crippen molar-refractivity contribution in [2.75, 3.05) is 16.8 Å². The lowest BCUT2D eigenvalue weighted by Crippen LogP contribution is -2.37. The summed E-state index contributed by atoms with van der Waals surface area (Å²) in [5, 5.41) is 2.46. The van der Waals surface area contributed by atoms with Gasteiger partial charge >= 0.3 is 5.97 Å². The summed E-state index contributed by atoms with van der Waals surface area (Å²) in [7, 11) is 0. The fourth-order valence-corrected chi connectivity index (χ4v) is 6.55. The van der Waals surface area contributed by atoms with Gasteiger partial charge in [-0.3, -0.25) is 19.3 Å². The van der Waals surface area contributed by atoms with Crippen LogP contribution in [-0.2, 0) is 19.1 Å². The Labute approximate surface area is 220 Å². The molecule has 0 spiro atoms. The predicted molar refractivity (Wildman–Crippen MR) is 132 cm³/mol. The molecule has 7 nitrogen and oxygen atoms in total. The van der Waals surface area contributed by atoms with E-state index in [0.717, 1.165) is 4.90 Å². The second kappa shape index (κ2) is 9.28. The molecule has 2 aliphatic carbocycles. The van der Waals surface area contributed by atoms with Crippen LogP contribution in [0.25, 0.3) is 0 Å². The molecular weight excluding hydrogens is 538 g/mol. The molecule has 6 atom stereocenters. The molecule has 3 fully saturated rings.